The molecule has 16 heavy (non-hydrogen) atoms. The highest BCUT2D eigenvalue weighted by molar-refractivity contribution is 7.99. The summed E-state index contributed by atoms with van der Waals surface area (Å²) in [5.74, 6) is 0.891. The molecule has 1 aromatic heterocycles. The van der Waals surface area contributed by atoms with E-state index >= 15 is 0 Å². The fourth-order valence-electron chi connectivity index (χ4n) is 1.58. The lowest BCUT2D eigenvalue weighted by Gasteiger charge is -2.08. The highest BCUT2D eigenvalue weighted by Gasteiger charge is 2.16. The number of nitrogens with two attached hydrogens (primary N) is 1. The third-order valence-corrected chi connectivity index (χ3v) is 3.51. The molecule has 0 amide bonds. The first-order valence-corrected chi connectivity index (χ1v) is 6.19. The second kappa shape index (κ2) is 5.19. The van der Waals surface area contributed by atoms with Crippen LogP contribution in [0.5, 0.6) is 0 Å². The molecule has 1 aromatic rings. The lowest BCUT2D eigenvalue weighted by Crippen LogP contribution is -2.08. The van der Waals surface area contributed by atoms with Crippen molar-refractivity contribution in [3.8, 4) is 6.07 Å². The number of aromatic nitrogens is 1. The molecule has 1 atom stereocenters. The Morgan fingerprint density at radius 1 is 1.62 bits per heavy atom. The summed E-state index contributed by atoms with van der Waals surface area (Å²) in [4.78, 5) is 4.17. The molecular weight excluding hydrogens is 222 g/mol. The average Bonchev–Trinajstić information content (AvgIpc) is 2.81. The van der Waals surface area contributed by atoms with Gasteiger partial charge in [0, 0.05) is 12.4 Å². The van der Waals surface area contributed by atoms with Crippen LogP contribution in [0, 0.1) is 11.3 Å². The van der Waals surface area contributed by atoms with Gasteiger partial charge in [0.1, 0.15) is 6.07 Å². The summed E-state index contributed by atoms with van der Waals surface area (Å²) in [5.41, 5.74) is 6.34. The molecule has 0 saturated carbocycles. The quantitative estimate of drug-likeness (QED) is 0.809. The van der Waals surface area contributed by atoms with Gasteiger partial charge < -0.3 is 10.5 Å². The molecule has 0 aliphatic carbocycles. The van der Waals surface area contributed by atoms with E-state index in [1.165, 1.54) is 0 Å². The van der Waals surface area contributed by atoms with E-state index in [0.717, 1.165) is 30.2 Å². The monoisotopic (exact) mass is 235 g/mol. The van der Waals surface area contributed by atoms with Crippen LogP contribution in [0.2, 0.25) is 0 Å². The number of nitrogen functional groups attached to an aromatic ring is 1. The van der Waals surface area contributed by atoms with E-state index in [1.54, 1.807) is 17.8 Å². The van der Waals surface area contributed by atoms with Gasteiger partial charge in [0.15, 0.2) is 5.69 Å². The normalized spacial score (nSPS) is 19.6. The molecule has 1 saturated heterocycles. The maximum absolute atomic E-state index is 8.80. The number of nitrogens with zero attached hydrogens (tertiary/aromatic N) is 2. The predicted octanol–water partition coefficient (Wildman–Crippen LogP) is 1.81. The van der Waals surface area contributed by atoms with Gasteiger partial charge in [-0.1, -0.05) is 0 Å². The molecule has 1 aliphatic heterocycles. The van der Waals surface area contributed by atoms with E-state index in [2.05, 4.69) is 4.98 Å². The molecule has 4 nitrogen and oxygen atoms in total. The van der Waals surface area contributed by atoms with E-state index in [0.29, 0.717) is 17.5 Å². The first kappa shape index (κ1) is 11.2. The van der Waals surface area contributed by atoms with Crippen LogP contribution in [0.1, 0.15) is 18.5 Å². The largest absolute Gasteiger partial charge is 0.396 e. The minimum Gasteiger partial charge on any atom is -0.396 e. The van der Waals surface area contributed by atoms with Crippen molar-refractivity contribution >= 4 is 17.4 Å². The van der Waals surface area contributed by atoms with Crippen LogP contribution >= 0.6 is 11.8 Å². The molecule has 2 N–H and O–H groups in total. The second-order valence-corrected chi connectivity index (χ2v) is 4.69. The van der Waals surface area contributed by atoms with Crippen molar-refractivity contribution in [2.24, 2.45) is 0 Å². The smallest absolute Gasteiger partial charge is 0.164 e. The van der Waals surface area contributed by atoms with Crippen LogP contribution in [0.15, 0.2) is 17.2 Å². The highest BCUT2D eigenvalue weighted by Crippen LogP contribution is 2.23. The van der Waals surface area contributed by atoms with Gasteiger partial charge in [0.25, 0.3) is 0 Å². The Morgan fingerprint density at radius 2 is 2.50 bits per heavy atom. The lowest BCUT2D eigenvalue weighted by molar-refractivity contribution is 0.129. The maximum atomic E-state index is 8.80. The van der Waals surface area contributed by atoms with Gasteiger partial charge >= 0.3 is 0 Å². The van der Waals surface area contributed by atoms with E-state index in [-0.39, 0.29) is 0 Å². The molecule has 0 spiro atoms. The van der Waals surface area contributed by atoms with Crippen LogP contribution in [0.3, 0.4) is 0 Å². The zero-order valence-electron chi connectivity index (χ0n) is 8.85. The van der Waals surface area contributed by atoms with Crippen LogP contribution in [0.4, 0.5) is 5.69 Å². The Balaban J connectivity index is 1.96. The zero-order valence-corrected chi connectivity index (χ0v) is 9.67. The summed E-state index contributed by atoms with van der Waals surface area (Å²) in [6.45, 7) is 0.865. The summed E-state index contributed by atoms with van der Waals surface area (Å²) in [6, 6.07) is 5.55. The second-order valence-electron chi connectivity index (χ2n) is 3.65. The number of rotatable bonds is 3. The first-order chi connectivity index (χ1) is 7.79. The third-order valence-electron chi connectivity index (χ3n) is 2.45. The van der Waals surface area contributed by atoms with Crippen molar-refractivity contribution in [3.63, 3.8) is 0 Å². The minimum atomic E-state index is 0.303. The Morgan fingerprint density at radius 3 is 3.19 bits per heavy atom. The maximum Gasteiger partial charge on any atom is 0.164 e. The van der Waals surface area contributed by atoms with Gasteiger partial charge in [0.2, 0.25) is 0 Å². The minimum absolute atomic E-state index is 0.303. The molecule has 1 aliphatic rings. The van der Waals surface area contributed by atoms with Crippen LogP contribution in [-0.4, -0.2) is 23.4 Å². The number of ether oxygens (including phenoxy) is 1. The predicted molar refractivity (Wildman–Crippen MR) is 63.1 cm³/mol. The first-order valence-electron chi connectivity index (χ1n) is 5.20. The number of anilines is 1. The number of pyridine rings is 1. The Kier molecular flexibility index (Phi) is 3.65. The van der Waals surface area contributed by atoms with E-state index < -0.39 is 0 Å². The average molecular weight is 235 g/mol. The van der Waals surface area contributed by atoms with E-state index in [1.807, 2.05) is 12.1 Å². The Labute approximate surface area is 98.8 Å². The summed E-state index contributed by atoms with van der Waals surface area (Å²) in [5, 5.41) is 9.63. The number of hydrogen-bond donors (Lipinski definition) is 1. The van der Waals surface area contributed by atoms with E-state index in [9.17, 15) is 0 Å². The molecule has 0 radical (unpaired) electrons. The summed E-state index contributed by atoms with van der Waals surface area (Å²) in [6.07, 6.45) is 2.59. The number of nitriles is 1. The molecule has 2 rings (SSSR count). The van der Waals surface area contributed by atoms with Crippen molar-refractivity contribution in [3.05, 3.63) is 17.8 Å². The Bertz CT molecular complexity index is 410. The van der Waals surface area contributed by atoms with Crippen LogP contribution < -0.4 is 5.73 Å². The summed E-state index contributed by atoms with van der Waals surface area (Å²) in [7, 11) is 0. The van der Waals surface area contributed by atoms with Gasteiger partial charge in [-0.2, -0.15) is 5.26 Å². The Hall–Kier alpha value is -1.25. The number of hydrogen-bond acceptors (Lipinski definition) is 5. The molecule has 5 heteroatoms. The van der Waals surface area contributed by atoms with Gasteiger partial charge in [0.05, 0.1) is 16.8 Å². The SMILES string of the molecule is N#Cc1nc(SCC2CCCO2)ccc1N. The van der Waals surface area contributed by atoms with Crippen molar-refractivity contribution in [2.45, 2.75) is 24.0 Å². The number of thioether (sulfide) groups is 1. The molecule has 1 fully saturated rings. The van der Waals surface area contributed by atoms with Gasteiger partial charge in [-0.05, 0) is 25.0 Å². The molecule has 0 bridgehead atoms. The fraction of sp³-hybridized carbons (Fsp3) is 0.455. The van der Waals surface area contributed by atoms with Crippen molar-refractivity contribution in [1.29, 1.82) is 5.26 Å². The van der Waals surface area contributed by atoms with Gasteiger partial charge in [-0.3, -0.25) is 0 Å². The summed E-state index contributed by atoms with van der Waals surface area (Å²) >= 11 is 1.61. The third kappa shape index (κ3) is 2.65. The van der Waals surface area contributed by atoms with Gasteiger partial charge in [-0.25, -0.2) is 4.98 Å². The summed E-state index contributed by atoms with van der Waals surface area (Å²) < 4.78 is 5.52. The van der Waals surface area contributed by atoms with Crippen LogP contribution in [0.25, 0.3) is 0 Å². The van der Waals surface area contributed by atoms with Gasteiger partial charge in [-0.15, -0.1) is 11.8 Å². The standard InChI is InChI=1S/C11H13N3OS/c12-6-10-9(13)3-4-11(14-10)16-7-8-2-1-5-15-8/h3-4,8H,1-2,5,7,13H2. The van der Waals surface area contributed by atoms with Crippen LogP contribution in [-0.2, 0) is 4.74 Å². The highest BCUT2D eigenvalue weighted by atomic mass is 32.2. The van der Waals surface area contributed by atoms with Crippen molar-refractivity contribution in [1.82, 2.24) is 4.98 Å². The van der Waals surface area contributed by atoms with Crippen molar-refractivity contribution < 1.29 is 4.74 Å². The van der Waals surface area contributed by atoms with E-state index in [4.69, 9.17) is 15.7 Å². The molecule has 2 heterocycles. The topological polar surface area (TPSA) is 71.9 Å². The fourth-order valence-corrected chi connectivity index (χ4v) is 2.52. The lowest BCUT2D eigenvalue weighted by atomic mass is 10.3. The molecule has 1 unspecified atom stereocenters. The molecular formula is C11H13N3OS. The molecule has 0 aromatic carbocycles. The van der Waals surface area contributed by atoms with Crippen molar-refractivity contribution in [2.75, 3.05) is 18.1 Å². The molecule has 84 valence electrons. The zero-order chi connectivity index (χ0) is 11.4.